The zero-order valence-electron chi connectivity index (χ0n) is 13.6. The number of halogens is 1. The summed E-state index contributed by atoms with van der Waals surface area (Å²) in [5.74, 6) is 1.58. The number of hydrogen-bond donors (Lipinski definition) is 1. The van der Waals surface area contributed by atoms with Crippen LogP contribution in [0.2, 0.25) is 0 Å². The highest BCUT2D eigenvalue weighted by Gasteiger charge is 2.06. The lowest BCUT2D eigenvalue weighted by atomic mass is 9.98. The fourth-order valence-electron chi connectivity index (χ4n) is 2.50. The molecule has 0 aliphatic rings. The van der Waals surface area contributed by atoms with Crippen LogP contribution in [0.3, 0.4) is 0 Å². The van der Waals surface area contributed by atoms with Gasteiger partial charge in [0, 0.05) is 12.1 Å². The van der Waals surface area contributed by atoms with E-state index in [1.807, 2.05) is 6.92 Å². The second-order valence-electron chi connectivity index (χ2n) is 5.75. The second kappa shape index (κ2) is 8.82. The van der Waals surface area contributed by atoms with Gasteiger partial charge < -0.3 is 10.5 Å². The van der Waals surface area contributed by atoms with Crippen molar-refractivity contribution in [3.8, 4) is 16.9 Å². The molecule has 120 valence electrons. The van der Waals surface area contributed by atoms with E-state index in [1.54, 1.807) is 0 Å². The minimum atomic E-state index is 0. The molecule has 0 amide bonds. The van der Waals surface area contributed by atoms with E-state index >= 15 is 0 Å². The van der Waals surface area contributed by atoms with Crippen LogP contribution < -0.4 is 10.5 Å². The summed E-state index contributed by atoms with van der Waals surface area (Å²) in [7, 11) is 0. The average molecular weight is 320 g/mol. The van der Waals surface area contributed by atoms with E-state index < -0.39 is 0 Å². The van der Waals surface area contributed by atoms with Gasteiger partial charge in [-0.15, -0.1) is 12.4 Å². The molecule has 0 aromatic heterocycles. The lowest BCUT2D eigenvalue weighted by Gasteiger charge is -2.12. The molecule has 0 fully saturated rings. The Labute approximate surface area is 140 Å². The minimum Gasteiger partial charge on any atom is -0.494 e. The first-order valence-electron chi connectivity index (χ1n) is 7.69. The largest absolute Gasteiger partial charge is 0.494 e. The standard InChI is InChI=1S/C19H25NO.ClH/c1-4-21-19-12-17(9-10-18(19)13-20)16-7-5-15(6-8-16)11-14(2)3;/h5-10,12,14H,4,11,13,20H2,1-3H3;1H. The summed E-state index contributed by atoms with van der Waals surface area (Å²) in [5.41, 5.74) is 10.6. The van der Waals surface area contributed by atoms with Crippen molar-refractivity contribution in [2.24, 2.45) is 11.7 Å². The highest BCUT2D eigenvalue weighted by atomic mass is 35.5. The van der Waals surface area contributed by atoms with Crippen molar-refractivity contribution < 1.29 is 4.74 Å². The van der Waals surface area contributed by atoms with Gasteiger partial charge in [-0.2, -0.15) is 0 Å². The van der Waals surface area contributed by atoms with Crippen LogP contribution in [-0.2, 0) is 13.0 Å². The summed E-state index contributed by atoms with van der Waals surface area (Å²) in [6.45, 7) is 7.64. The van der Waals surface area contributed by atoms with Crippen molar-refractivity contribution in [3.05, 3.63) is 53.6 Å². The number of rotatable bonds is 6. The summed E-state index contributed by atoms with van der Waals surface area (Å²) in [4.78, 5) is 0. The third-order valence-corrected chi connectivity index (χ3v) is 3.52. The molecule has 0 saturated carbocycles. The van der Waals surface area contributed by atoms with E-state index in [1.165, 1.54) is 16.7 Å². The zero-order chi connectivity index (χ0) is 15.2. The molecular weight excluding hydrogens is 294 g/mol. The van der Waals surface area contributed by atoms with Gasteiger partial charge in [0.15, 0.2) is 0 Å². The molecule has 0 radical (unpaired) electrons. The van der Waals surface area contributed by atoms with E-state index in [0.717, 1.165) is 17.7 Å². The summed E-state index contributed by atoms with van der Waals surface area (Å²) in [6, 6.07) is 15.1. The quantitative estimate of drug-likeness (QED) is 0.827. The summed E-state index contributed by atoms with van der Waals surface area (Å²) >= 11 is 0. The van der Waals surface area contributed by atoms with E-state index in [4.69, 9.17) is 10.5 Å². The molecule has 0 spiro atoms. The third-order valence-electron chi connectivity index (χ3n) is 3.52. The molecule has 0 bridgehead atoms. The van der Waals surface area contributed by atoms with Crippen LogP contribution in [0.25, 0.3) is 11.1 Å². The minimum absolute atomic E-state index is 0. The third kappa shape index (κ3) is 4.75. The first-order chi connectivity index (χ1) is 10.1. The first kappa shape index (κ1) is 18.5. The maximum Gasteiger partial charge on any atom is 0.124 e. The number of hydrogen-bond acceptors (Lipinski definition) is 2. The predicted octanol–water partition coefficient (Wildman–Crippen LogP) is 4.83. The monoisotopic (exact) mass is 319 g/mol. The molecular formula is C19H26ClNO. The van der Waals surface area contributed by atoms with Crippen LogP contribution >= 0.6 is 12.4 Å². The van der Waals surface area contributed by atoms with Crippen molar-refractivity contribution in [1.82, 2.24) is 0 Å². The van der Waals surface area contributed by atoms with Crippen molar-refractivity contribution in [3.63, 3.8) is 0 Å². The molecule has 2 aromatic carbocycles. The molecule has 2 rings (SSSR count). The van der Waals surface area contributed by atoms with Crippen LogP contribution in [0.4, 0.5) is 0 Å². The van der Waals surface area contributed by atoms with Gasteiger partial charge in [0.05, 0.1) is 6.61 Å². The molecule has 2 N–H and O–H groups in total. The highest BCUT2D eigenvalue weighted by molar-refractivity contribution is 5.85. The number of nitrogens with two attached hydrogens (primary N) is 1. The van der Waals surface area contributed by atoms with Crippen molar-refractivity contribution >= 4 is 12.4 Å². The molecule has 0 atom stereocenters. The van der Waals surface area contributed by atoms with Gasteiger partial charge in [-0.1, -0.05) is 50.2 Å². The summed E-state index contributed by atoms with van der Waals surface area (Å²) in [5, 5.41) is 0. The van der Waals surface area contributed by atoms with E-state index in [0.29, 0.717) is 19.1 Å². The van der Waals surface area contributed by atoms with Gasteiger partial charge in [0.2, 0.25) is 0 Å². The SMILES string of the molecule is CCOc1cc(-c2ccc(CC(C)C)cc2)ccc1CN.Cl. The Morgan fingerprint density at radius 1 is 1.00 bits per heavy atom. The second-order valence-corrected chi connectivity index (χ2v) is 5.75. The molecule has 0 heterocycles. The van der Waals surface area contributed by atoms with Gasteiger partial charge in [-0.3, -0.25) is 0 Å². The Hall–Kier alpha value is -1.51. The smallest absolute Gasteiger partial charge is 0.124 e. The summed E-state index contributed by atoms with van der Waals surface area (Å²) in [6.07, 6.45) is 1.12. The van der Waals surface area contributed by atoms with Gasteiger partial charge >= 0.3 is 0 Å². The van der Waals surface area contributed by atoms with Crippen LogP contribution in [0.5, 0.6) is 5.75 Å². The topological polar surface area (TPSA) is 35.2 Å². The molecule has 2 nitrogen and oxygen atoms in total. The van der Waals surface area contributed by atoms with Crippen LogP contribution in [0, 0.1) is 5.92 Å². The van der Waals surface area contributed by atoms with Crippen LogP contribution in [0.15, 0.2) is 42.5 Å². The average Bonchev–Trinajstić information content (AvgIpc) is 2.48. The zero-order valence-corrected chi connectivity index (χ0v) is 14.5. The molecule has 0 unspecified atom stereocenters. The van der Waals surface area contributed by atoms with Crippen molar-refractivity contribution in [2.45, 2.75) is 33.7 Å². The van der Waals surface area contributed by atoms with E-state index in [-0.39, 0.29) is 12.4 Å². The van der Waals surface area contributed by atoms with Gasteiger partial charge in [-0.05, 0) is 42.0 Å². The predicted molar refractivity (Wildman–Crippen MR) is 96.7 cm³/mol. The Bertz CT molecular complexity index is 578. The van der Waals surface area contributed by atoms with E-state index in [2.05, 4.69) is 56.3 Å². The van der Waals surface area contributed by atoms with Crippen LogP contribution in [0.1, 0.15) is 31.9 Å². The molecule has 3 heteroatoms. The van der Waals surface area contributed by atoms with Gasteiger partial charge in [-0.25, -0.2) is 0 Å². The van der Waals surface area contributed by atoms with E-state index in [9.17, 15) is 0 Å². The summed E-state index contributed by atoms with van der Waals surface area (Å²) < 4.78 is 5.69. The van der Waals surface area contributed by atoms with Gasteiger partial charge in [0.25, 0.3) is 0 Å². The normalized spacial score (nSPS) is 10.4. The number of ether oxygens (including phenoxy) is 1. The lowest BCUT2D eigenvalue weighted by Crippen LogP contribution is -2.02. The molecule has 0 saturated heterocycles. The Morgan fingerprint density at radius 3 is 2.18 bits per heavy atom. The Morgan fingerprint density at radius 2 is 1.64 bits per heavy atom. The maximum absolute atomic E-state index is 5.76. The fourth-order valence-corrected chi connectivity index (χ4v) is 2.50. The Kier molecular flexibility index (Phi) is 7.43. The number of benzene rings is 2. The Balaban J connectivity index is 0.00000242. The molecule has 22 heavy (non-hydrogen) atoms. The molecule has 2 aromatic rings. The van der Waals surface area contributed by atoms with Crippen molar-refractivity contribution in [2.75, 3.05) is 6.61 Å². The lowest BCUT2D eigenvalue weighted by molar-refractivity contribution is 0.337. The van der Waals surface area contributed by atoms with Gasteiger partial charge in [0.1, 0.15) is 5.75 Å². The molecule has 0 aliphatic heterocycles. The maximum atomic E-state index is 5.76. The van der Waals surface area contributed by atoms with Crippen LogP contribution in [-0.4, -0.2) is 6.61 Å². The first-order valence-corrected chi connectivity index (χ1v) is 7.69. The highest BCUT2D eigenvalue weighted by Crippen LogP contribution is 2.28. The van der Waals surface area contributed by atoms with Crippen molar-refractivity contribution in [1.29, 1.82) is 0 Å². The molecule has 0 aliphatic carbocycles. The fraction of sp³-hybridized carbons (Fsp3) is 0.368.